The predicted octanol–water partition coefficient (Wildman–Crippen LogP) is 5.08. The molecule has 6 rings (SSSR count). The van der Waals surface area contributed by atoms with Crippen LogP contribution >= 0.6 is 0 Å². The third kappa shape index (κ3) is 3.97. The third-order valence-corrected chi connectivity index (χ3v) is 5.94. The zero-order valence-corrected chi connectivity index (χ0v) is 19.1. The number of nitrogens with two attached hydrogens (primary N) is 1. The molecule has 1 aliphatic heterocycles. The van der Waals surface area contributed by atoms with E-state index in [1.165, 1.54) is 0 Å². The van der Waals surface area contributed by atoms with Crippen molar-refractivity contribution >= 4 is 23.5 Å². The molecule has 0 unspecified atom stereocenters. The molecule has 0 radical (unpaired) electrons. The number of amidine groups is 1. The van der Waals surface area contributed by atoms with Crippen molar-refractivity contribution < 1.29 is 4.79 Å². The van der Waals surface area contributed by atoms with E-state index in [9.17, 15) is 4.79 Å². The van der Waals surface area contributed by atoms with Gasteiger partial charge in [-0.25, -0.2) is 9.98 Å². The number of benzene rings is 2. The second-order valence-electron chi connectivity index (χ2n) is 8.26. The van der Waals surface area contributed by atoms with E-state index in [1.54, 1.807) is 24.5 Å². The van der Waals surface area contributed by atoms with Gasteiger partial charge in [-0.2, -0.15) is 0 Å². The number of hydrogen-bond donors (Lipinski definition) is 4. The number of nitrogens with one attached hydrogen (secondary N) is 3. The highest BCUT2D eigenvalue weighted by Crippen LogP contribution is 2.32. The van der Waals surface area contributed by atoms with Gasteiger partial charge in [-0.15, -0.1) is 0 Å². The normalized spacial score (nSPS) is 12.4. The summed E-state index contributed by atoms with van der Waals surface area (Å²) in [6, 6.07) is 24.7. The summed E-state index contributed by atoms with van der Waals surface area (Å²) in [5, 5.41) is 3.41. The maximum atomic E-state index is 11.5. The molecule has 0 fully saturated rings. The van der Waals surface area contributed by atoms with Gasteiger partial charge >= 0.3 is 0 Å². The molecule has 36 heavy (non-hydrogen) atoms. The first-order valence-electron chi connectivity index (χ1n) is 11.4. The molecule has 0 bridgehead atoms. The molecule has 8 nitrogen and oxygen atoms in total. The summed E-state index contributed by atoms with van der Waals surface area (Å²) in [5.41, 5.74) is 12.6. The molecule has 1 aliphatic rings. The Kier molecular flexibility index (Phi) is 5.23. The van der Waals surface area contributed by atoms with Gasteiger partial charge in [0.05, 0.1) is 22.8 Å². The summed E-state index contributed by atoms with van der Waals surface area (Å²) in [6.07, 6.45) is 5.51. The number of primary amides is 1. The van der Waals surface area contributed by atoms with E-state index in [-0.39, 0.29) is 0 Å². The number of carbonyl (C=O) groups is 1. The van der Waals surface area contributed by atoms with E-state index in [0.717, 1.165) is 45.3 Å². The second kappa shape index (κ2) is 8.84. The lowest BCUT2D eigenvalue weighted by Gasteiger charge is -2.08. The standard InChI is InChI=1S/C28H21N7O/c29-26(36)18-8-10-19(11-9-18)27-34-24(21-7-3-4-15-30-21)25(35-27)22-12-13-23(32-22)28-31-16-14-17-5-1-2-6-20(17)33-28/h1-16,32H,(H2,29,36)(H,31,33)(H,34,35). The maximum absolute atomic E-state index is 11.5. The van der Waals surface area contributed by atoms with Crippen molar-refractivity contribution in [1.29, 1.82) is 0 Å². The van der Waals surface area contributed by atoms with Crippen LogP contribution in [0.3, 0.4) is 0 Å². The van der Waals surface area contributed by atoms with Gasteiger partial charge in [-0.1, -0.05) is 36.4 Å². The van der Waals surface area contributed by atoms with Crippen molar-refractivity contribution in [3.05, 3.63) is 108 Å². The summed E-state index contributed by atoms with van der Waals surface area (Å²) in [6.45, 7) is 0. The summed E-state index contributed by atoms with van der Waals surface area (Å²) in [4.78, 5) is 32.3. The van der Waals surface area contributed by atoms with Crippen LogP contribution in [-0.4, -0.2) is 31.7 Å². The lowest BCUT2D eigenvalue weighted by Crippen LogP contribution is -2.13. The fourth-order valence-electron chi connectivity index (χ4n) is 4.11. The summed E-state index contributed by atoms with van der Waals surface area (Å²) in [5.74, 6) is 0.890. The van der Waals surface area contributed by atoms with Crippen molar-refractivity contribution in [2.75, 3.05) is 5.32 Å². The zero-order chi connectivity index (χ0) is 24.5. The highest BCUT2D eigenvalue weighted by Gasteiger charge is 2.19. The number of para-hydroxylation sites is 1. The minimum atomic E-state index is -0.470. The number of aromatic nitrogens is 4. The average Bonchev–Trinajstić information content (AvgIpc) is 3.52. The molecule has 1 amide bonds. The number of aromatic amines is 2. The molecule has 2 aromatic carbocycles. The van der Waals surface area contributed by atoms with Crippen LogP contribution in [0.5, 0.6) is 0 Å². The highest BCUT2D eigenvalue weighted by molar-refractivity contribution is 6.09. The van der Waals surface area contributed by atoms with Gasteiger partial charge in [0.2, 0.25) is 5.91 Å². The fraction of sp³-hybridized carbons (Fsp3) is 0. The van der Waals surface area contributed by atoms with Gasteiger partial charge < -0.3 is 21.0 Å². The van der Waals surface area contributed by atoms with Crippen molar-refractivity contribution in [2.24, 2.45) is 10.7 Å². The number of nitrogens with zero attached hydrogens (tertiary/aromatic N) is 3. The molecular weight excluding hydrogens is 450 g/mol. The molecule has 0 aliphatic carbocycles. The molecule has 4 heterocycles. The average molecular weight is 472 g/mol. The molecule has 0 saturated heterocycles. The van der Waals surface area contributed by atoms with Crippen LogP contribution in [0.25, 0.3) is 40.2 Å². The fourth-order valence-corrected chi connectivity index (χ4v) is 4.11. The van der Waals surface area contributed by atoms with Gasteiger partial charge in [-0.3, -0.25) is 9.78 Å². The number of H-pyrrole nitrogens is 2. The van der Waals surface area contributed by atoms with Gasteiger partial charge in [0.15, 0.2) is 5.84 Å². The molecule has 3 aromatic heterocycles. The number of pyridine rings is 1. The zero-order valence-electron chi connectivity index (χ0n) is 19.1. The van der Waals surface area contributed by atoms with Crippen LogP contribution in [0, 0.1) is 0 Å². The summed E-state index contributed by atoms with van der Waals surface area (Å²) < 4.78 is 0. The molecule has 174 valence electrons. The highest BCUT2D eigenvalue weighted by atomic mass is 16.1. The van der Waals surface area contributed by atoms with E-state index in [4.69, 9.17) is 10.7 Å². The van der Waals surface area contributed by atoms with Crippen molar-refractivity contribution in [3.8, 4) is 34.2 Å². The van der Waals surface area contributed by atoms with E-state index >= 15 is 0 Å². The maximum Gasteiger partial charge on any atom is 0.248 e. The number of anilines is 1. The number of amides is 1. The van der Waals surface area contributed by atoms with E-state index in [2.05, 4.69) is 25.3 Å². The lowest BCUT2D eigenvalue weighted by molar-refractivity contribution is 0.100. The Labute approximate surface area is 206 Å². The van der Waals surface area contributed by atoms with E-state index < -0.39 is 5.91 Å². The van der Waals surface area contributed by atoms with E-state index in [0.29, 0.717) is 17.2 Å². The first kappa shape index (κ1) is 21.3. The molecular formula is C28H21N7O. The Hall–Kier alpha value is -5.24. The topological polar surface area (TPSA) is 125 Å². The first-order valence-corrected chi connectivity index (χ1v) is 11.4. The van der Waals surface area contributed by atoms with E-state index in [1.807, 2.05) is 72.8 Å². The molecule has 0 atom stereocenters. The Bertz CT molecular complexity index is 1630. The molecule has 0 spiro atoms. The monoisotopic (exact) mass is 471 g/mol. The Morgan fingerprint density at radius 2 is 1.64 bits per heavy atom. The largest absolute Gasteiger partial charge is 0.366 e. The minimum absolute atomic E-state index is 0.441. The van der Waals surface area contributed by atoms with Crippen LogP contribution in [0.1, 0.15) is 21.6 Å². The van der Waals surface area contributed by atoms with Gasteiger partial charge in [0.25, 0.3) is 0 Å². The van der Waals surface area contributed by atoms with Crippen LogP contribution < -0.4 is 11.1 Å². The summed E-state index contributed by atoms with van der Waals surface area (Å²) in [7, 11) is 0. The van der Waals surface area contributed by atoms with Crippen LogP contribution in [0.15, 0.2) is 96.3 Å². The SMILES string of the molecule is NC(=O)c1ccc(-c2nc(-c3ccc(C4=NC=Cc5ccccc5N4)[nH]3)c(-c3ccccn3)[nH]2)cc1. The Morgan fingerprint density at radius 3 is 2.44 bits per heavy atom. The first-order chi connectivity index (χ1) is 17.7. The van der Waals surface area contributed by atoms with Crippen LogP contribution in [0.4, 0.5) is 5.69 Å². The predicted molar refractivity (Wildman–Crippen MR) is 141 cm³/mol. The quantitative estimate of drug-likeness (QED) is 0.285. The number of imidazole rings is 1. The molecule has 5 N–H and O–H groups in total. The Morgan fingerprint density at radius 1 is 0.833 bits per heavy atom. The van der Waals surface area contributed by atoms with Gasteiger partial charge in [-0.05, 0) is 54.1 Å². The van der Waals surface area contributed by atoms with Gasteiger partial charge in [0, 0.05) is 29.2 Å². The number of rotatable bonds is 5. The lowest BCUT2D eigenvalue weighted by atomic mass is 10.1. The number of hydrogen-bond acceptors (Lipinski definition) is 5. The molecule has 8 heteroatoms. The number of carbonyl (C=O) groups excluding carboxylic acids is 1. The van der Waals surface area contributed by atoms with Crippen LogP contribution in [0.2, 0.25) is 0 Å². The Balaban J connectivity index is 1.40. The number of fused-ring (bicyclic) bond motifs is 1. The summed E-state index contributed by atoms with van der Waals surface area (Å²) >= 11 is 0. The number of aliphatic imine (C=N–C) groups is 1. The third-order valence-electron chi connectivity index (χ3n) is 5.94. The van der Waals surface area contributed by atoms with Crippen LogP contribution in [-0.2, 0) is 0 Å². The smallest absolute Gasteiger partial charge is 0.248 e. The van der Waals surface area contributed by atoms with Crippen molar-refractivity contribution in [2.45, 2.75) is 0 Å². The molecule has 5 aromatic rings. The minimum Gasteiger partial charge on any atom is -0.366 e. The molecule has 0 saturated carbocycles. The second-order valence-corrected chi connectivity index (χ2v) is 8.26. The van der Waals surface area contributed by atoms with Gasteiger partial charge in [0.1, 0.15) is 11.5 Å². The van der Waals surface area contributed by atoms with Crippen molar-refractivity contribution in [1.82, 2.24) is 19.9 Å². The van der Waals surface area contributed by atoms with Crippen molar-refractivity contribution in [3.63, 3.8) is 0 Å².